The van der Waals surface area contributed by atoms with E-state index in [1.54, 1.807) is 6.92 Å². The summed E-state index contributed by atoms with van der Waals surface area (Å²) >= 11 is 0. The number of carboxylic acids is 1. The number of carbonyl (C=O) groups is 1. The van der Waals surface area contributed by atoms with Crippen molar-refractivity contribution in [1.82, 2.24) is 0 Å². The minimum atomic E-state index is -1.09. The van der Waals surface area contributed by atoms with Crippen molar-refractivity contribution < 1.29 is 19.0 Å². The lowest BCUT2D eigenvalue weighted by Crippen LogP contribution is -1.92. The number of benzene rings is 1. The third-order valence-electron chi connectivity index (χ3n) is 1.92. The van der Waals surface area contributed by atoms with Gasteiger partial charge in [0.1, 0.15) is 11.6 Å². The van der Waals surface area contributed by atoms with Crippen LogP contribution in [0.5, 0.6) is 5.75 Å². The number of carboxylic acid groups (broad SMARTS) is 1. The first-order valence-corrected chi connectivity index (χ1v) is 4.29. The molecule has 0 unspecified atom stereocenters. The molecule has 0 amide bonds. The van der Waals surface area contributed by atoms with Gasteiger partial charge in [0, 0.05) is 11.6 Å². The van der Waals surface area contributed by atoms with Crippen LogP contribution in [0.25, 0.3) is 6.08 Å². The van der Waals surface area contributed by atoms with Crippen LogP contribution < -0.4 is 4.74 Å². The van der Waals surface area contributed by atoms with Gasteiger partial charge in [-0.05, 0) is 30.7 Å². The van der Waals surface area contributed by atoms with Crippen molar-refractivity contribution in [2.45, 2.75) is 6.92 Å². The molecule has 0 aliphatic heterocycles. The lowest BCUT2D eigenvalue weighted by atomic mass is 10.1. The van der Waals surface area contributed by atoms with E-state index in [4.69, 9.17) is 9.84 Å². The van der Waals surface area contributed by atoms with Gasteiger partial charge in [0.2, 0.25) is 0 Å². The summed E-state index contributed by atoms with van der Waals surface area (Å²) in [7, 11) is 1.45. The van der Waals surface area contributed by atoms with E-state index >= 15 is 0 Å². The van der Waals surface area contributed by atoms with Crippen molar-refractivity contribution in [2.24, 2.45) is 0 Å². The summed E-state index contributed by atoms with van der Waals surface area (Å²) < 4.78 is 18.2. The summed E-state index contributed by atoms with van der Waals surface area (Å²) in [5.74, 6) is -1.02. The zero-order chi connectivity index (χ0) is 11.4. The van der Waals surface area contributed by atoms with Crippen LogP contribution in [0.1, 0.15) is 11.1 Å². The first-order valence-electron chi connectivity index (χ1n) is 4.29. The molecule has 1 N–H and O–H groups in total. The Bertz CT molecular complexity index is 411. The SMILES string of the molecule is COc1cc(C)c(F)cc1/C=C/C(=O)O. The first-order chi connectivity index (χ1) is 7.04. The fourth-order valence-electron chi connectivity index (χ4n) is 1.14. The maximum absolute atomic E-state index is 13.2. The number of rotatable bonds is 3. The summed E-state index contributed by atoms with van der Waals surface area (Å²) in [6, 6.07) is 2.77. The molecule has 4 heteroatoms. The van der Waals surface area contributed by atoms with Gasteiger partial charge in [-0.2, -0.15) is 0 Å². The molecule has 0 aliphatic carbocycles. The molecular weight excluding hydrogens is 199 g/mol. The van der Waals surface area contributed by atoms with Crippen LogP contribution in [0.3, 0.4) is 0 Å². The van der Waals surface area contributed by atoms with Crippen molar-refractivity contribution in [1.29, 1.82) is 0 Å². The Labute approximate surface area is 86.8 Å². The van der Waals surface area contributed by atoms with Crippen molar-refractivity contribution in [3.8, 4) is 5.75 Å². The number of hydrogen-bond donors (Lipinski definition) is 1. The molecule has 1 aromatic rings. The Hall–Kier alpha value is -1.84. The molecule has 0 spiro atoms. The highest BCUT2D eigenvalue weighted by atomic mass is 19.1. The topological polar surface area (TPSA) is 46.5 Å². The minimum absolute atomic E-state index is 0.388. The maximum atomic E-state index is 13.2. The van der Waals surface area contributed by atoms with E-state index in [-0.39, 0.29) is 5.82 Å². The molecule has 80 valence electrons. The molecule has 0 bridgehead atoms. The predicted molar refractivity (Wildman–Crippen MR) is 54.4 cm³/mol. The second kappa shape index (κ2) is 4.59. The summed E-state index contributed by atoms with van der Waals surface area (Å²) in [5, 5.41) is 8.44. The number of methoxy groups -OCH3 is 1. The molecule has 1 aromatic carbocycles. The summed E-state index contributed by atoms with van der Waals surface area (Å²) in [4.78, 5) is 10.3. The zero-order valence-electron chi connectivity index (χ0n) is 8.45. The Morgan fingerprint density at radius 1 is 1.53 bits per heavy atom. The molecule has 0 heterocycles. The molecule has 0 atom stereocenters. The van der Waals surface area contributed by atoms with E-state index in [2.05, 4.69) is 0 Å². The number of aryl methyl sites for hydroxylation is 1. The largest absolute Gasteiger partial charge is 0.496 e. The van der Waals surface area contributed by atoms with Crippen LogP contribution in [0.4, 0.5) is 4.39 Å². The predicted octanol–water partition coefficient (Wildman–Crippen LogP) is 2.24. The summed E-state index contributed by atoms with van der Waals surface area (Å²) in [6.45, 7) is 1.61. The third-order valence-corrected chi connectivity index (χ3v) is 1.92. The Morgan fingerprint density at radius 3 is 2.73 bits per heavy atom. The van der Waals surface area contributed by atoms with E-state index < -0.39 is 5.97 Å². The van der Waals surface area contributed by atoms with Gasteiger partial charge in [-0.1, -0.05) is 0 Å². The van der Waals surface area contributed by atoms with Crippen LogP contribution in [-0.2, 0) is 4.79 Å². The van der Waals surface area contributed by atoms with Gasteiger partial charge in [-0.3, -0.25) is 0 Å². The zero-order valence-corrected chi connectivity index (χ0v) is 8.45. The minimum Gasteiger partial charge on any atom is -0.496 e. The van der Waals surface area contributed by atoms with E-state index in [0.29, 0.717) is 16.9 Å². The standard InChI is InChI=1S/C11H11FO3/c1-7-5-10(15-2)8(6-9(7)12)3-4-11(13)14/h3-6H,1-2H3,(H,13,14)/b4-3+. The maximum Gasteiger partial charge on any atom is 0.328 e. The Balaban J connectivity index is 3.16. The number of aliphatic carboxylic acids is 1. The van der Waals surface area contributed by atoms with Crippen molar-refractivity contribution in [2.75, 3.05) is 7.11 Å². The van der Waals surface area contributed by atoms with Gasteiger partial charge in [0.25, 0.3) is 0 Å². The summed E-state index contributed by atoms with van der Waals surface area (Å²) in [6.07, 6.45) is 2.23. The molecule has 0 saturated heterocycles. The van der Waals surface area contributed by atoms with Crippen molar-refractivity contribution in [3.05, 3.63) is 35.2 Å². The normalized spacial score (nSPS) is 10.6. The highest BCUT2D eigenvalue weighted by Crippen LogP contribution is 2.23. The Morgan fingerprint density at radius 2 is 2.20 bits per heavy atom. The fourth-order valence-corrected chi connectivity index (χ4v) is 1.14. The van der Waals surface area contributed by atoms with Gasteiger partial charge in [-0.25, -0.2) is 9.18 Å². The number of halogens is 1. The molecular formula is C11H11FO3. The second-order valence-corrected chi connectivity index (χ2v) is 3.01. The quantitative estimate of drug-likeness (QED) is 0.778. The average Bonchev–Trinajstić information content (AvgIpc) is 2.19. The van der Waals surface area contributed by atoms with Gasteiger partial charge < -0.3 is 9.84 Å². The Kier molecular flexibility index (Phi) is 3.44. The van der Waals surface area contributed by atoms with Gasteiger partial charge in [0.05, 0.1) is 7.11 Å². The van der Waals surface area contributed by atoms with Crippen LogP contribution in [0.2, 0.25) is 0 Å². The molecule has 3 nitrogen and oxygen atoms in total. The highest BCUT2D eigenvalue weighted by Gasteiger charge is 2.05. The van der Waals surface area contributed by atoms with Gasteiger partial charge >= 0.3 is 5.97 Å². The van der Waals surface area contributed by atoms with Crippen LogP contribution in [0, 0.1) is 12.7 Å². The molecule has 0 fully saturated rings. The van der Waals surface area contributed by atoms with Crippen LogP contribution >= 0.6 is 0 Å². The van der Waals surface area contributed by atoms with E-state index in [9.17, 15) is 9.18 Å². The average molecular weight is 210 g/mol. The summed E-state index contributed by atoms with van der Waals surface area (Å²) in [5.41, 5.74) is 0.863. The smallest absolute Gasteiger partial charge is 0.328 e. The molecule has 1 rings (SSSR count). The first kappa shape index (κ1) is 11.2. The third kappa shape index (κ3) is 2.80. The number of hydrogen-bond acceptors (Lipinski definition) is 2. The van der Waals surface area contributed by atoms with Gasteiger partial charge in [-0.15, -0.1) is 0 Å². The molecule has 15 heavy (non-hydrogen) atoms. The lowest BCUT2D eigenvalue weighted by Gasteiger charge is -2.06. The fraction of sp³-hybridized carbons (Fsp3) is 0.182. The molecule has 0 saturated carbocycles. The monoisotopic (exact) mass is 210 g/mol. The molecule has 0 radical (unpaired) electrons. The van der Waals surface area contributed by atoms with Crippen LogP contribution in [-0.4, -0.2) is 18.2 Å². The van der Waals surface area contributed by atoms with E-state index in [0.717, 1.165) is 6.08 Å². The number of ether oxygens (including phenoxy) is 1. The lowest BCUT2D eigenvalue weighted by molar-refractivity contribution is -0.131. The van der Waals surface area contributed by atoms with E-state index in [1.807, 2.05) is 0 Å². The van der Waals surface area contributed by atoms with Crippen molar-refractivity contribution >= 4 is 12.0 Å². The second-order valence-electron chi connectivity index (χ2n) is 3.01. The van der Waals surface area contributed by atoms with E-state index in [1.165, 1.54) is 25.3 Å². The van der Waals surface area contributed by atoms with Crippen LogP contribution in [0.15, 0.2) is 18.2 Å². The van der Waals surface area contributed by atoms with Crippen molar-refractivity contribution in [3.63, 3.8) is 0 Å². The van der Waals surface area contributed by atoms with Gasteiger partial charge in [0.15, 0.2) is 0 Å². The highest BCUT2D eigenvalue weighted by molar-refractivity contribution is 5.85. The molecule has 0 aromatic heterocycles. The molecule has 0 aliphatic rings.